The number of benzene rings is 2. The van der Waals surface area contributed by atoms with E-state index in [1.165, 1.54) is 30.5 Å². The van der Waals surface area contributed by atoms with E-state index in [0.29, 0.717) is 5.56 Å². The number of non-ortho nitro benzene ring substituents is 1. The number of hydrogen-bond acceptors (Lipinski definition) is 5. The van der Waals surface area contributed by atoms with E-state index in [0.717, 1.165) is 21.9 Å². The molecule has 2 heterocycles. The number of aliphatic hydroxyl groups is 1. The third-order valence-electron chi connectivity index (χ3n) is 5.29. The Morgan fingerprint density at radius 3 is 2.12 bits per heavy atom. The van der Waals surface area contributed by atoms with Crippen molar-refractivity contribution < 1.29 is 19.1 Å². The maximum atomic E-state index is 12.4. The predicted molar refractivity (Wildman–Crippen MR) is 129 cm³/mol. The second-order valence-electron chi connectivity index (χ2n) is 7.75. The van der Waals surface area contributed by atoms with Crippen LogP contribution in [0.25, 0.3) is 11.3 Å². The van der Waals surface area contributed by atoms with E-state index in [1.807, 2.05) is 67.9 Å². The van der Waals surface area contributed by atoms with Crippen molar-refractivity contribution in [3.63, 3.8) is 0 Å². The summed E-state index contributed by atoms with van der Waals surface area (Å²) in [5.41, 5.74) is 3.17. The predicted octanol–water partition coefficient (Wildman–Crippen LogP) is 4.13. The number of nitro benzene ring substituents is 1. The standard InChI is InChI=1S/C27H21N3O4/c1-20-2-4-23(5-3-20)26(31)18-28-14-10-21(11-15-28)22-12-16-29(17-13-22)19-27(32)24-6-8-25(9-7-24)30(33)34/h2-19H,1H3/p+1/b26-18+. The molecule has 0 bridgehead atoms. The second-order valence-corrected chi connectivity index (χ2v) is 7.75. The lowest BCUT2D eigenvalue weighted by atomic mass is 10.1. The molecule has 2 aromatic carbocycles. The SMILES string of the molecule is Cc1ccc(/C(O)=C\N2C=CC(=c3cc[n+](=CC(=O)c4ccc([N+](=O)[O-])cc4)cc3)C=C2)cc1. The highest BCUT2D eigenvalue weighted by Gasteiger charge is 2.10. The highest BCUT2D eigenvalue weighted by Crippen LogP contribution is 2.16. The number of pyridine rings is 1. The monoisotopic (exact) mass is 452 g/mol. The van der Waals surface area contributed by atoms with Gasteiger partial charge in [0.15, 0.2) is 12.4 Å². The van der Waals surface area contributed by atoms with Gasteiger partial charge in [-0.05, 0) is 42.0 Å². The van der Waals surface area contributed by atoms with Crippen molar-refractivity contribution >= 4 is 22.8 Å². The number of carbonyl (C=O) groups excluding carboxylic acids is 1. The summed E-state index contributed by atoms with van der Waals surface area (Å²) < 4.78 is 1.64. The molecule has 1 N–H and O–H groups in total. The van der Waals surface area contributed by atoms with Crippen molar-refractivity contribution in [2.45, 2.75) is 6.92 Å². The van der Waals surface area contributed by atoms with E-state index in [-0.39, 0.29) is 17.2 Å². The molecular formula is C27H22N3O4+. The van der Waals surface area contributed by atoms with E-state index in [2.05, 4.69) is 0 Å². The lowest BCUT2D eigenvalue weighted by Crippen LogP contribution is -2.22. The Morgan fingerprint density at radius 2 is 1.53 bits per heavy atom. The number of aryl methyl sites for hydroxylation is 1. The minimum Gasteiger partial charge on any atom is -0.506 e. The summed E-state index contributed by atoms with van der Waals surface area (Å²) in [6.45, 7) is 2.00. The summed E-state index contributed by atoms with van der Waals surface area (Å²) in [6, 6.07) is 16.9. The zero-order valence-electron chi connectivity index (χ0n) is 18.4. The number of carbonyl (C=O) groups is 1. The van der Waals surface area contributed by atoms with Crippen molar-refractivity contribution in [2.24, 2.45) is 0 Å². The molecule has 0 amide bonds. The van der Waals surface area contributed by atoms with Crippen LogP contribution in [0.4, 0.5) is 5.69 Å². The van der Waals surface area contributed by atoms with Crippen LogP contribution in [0.5, 0.6) is 0 Å². The lowest BCUT2D eigenvalue weighted by Gasteiger charge is -2.15. The normalized spacial score (nSPS) is 13.1. The third kappa shape index (κ3) is 5.34. The molecule has 168 valence electrons. The molecule has 0 saturated carbocycles. The first-order chi connectivity index (χ1) is 16.4. The summed E-state index contributed by atoms with van der Waals surface area (Å²) >= 11 is 0. The van der Waals surface area contributed by atoms with E-state index in [9.17, 15) is 20.0 Å². The maximum absolute atomic E-state index is 12.4. The van der Waals surface area contributed by atoms with Gasteiger partial charge in [0.1, 0.15) is 5.76 Å². The van der Waals surface area contributed by atoms with Crippen LogP contribution in [0.2, 0.25) is 0 Å². The number of nitrogens with zero attached hydrogens (tertiary/aromatic N) is 3. The molecule has 1 aliphatic rings. The van der Waals surface area contributed by atoms with Gasteiger partial charge in [0.05, 0.1) is 11.1 Å². The van der Waals surface area contributed by atoms with Crippen molar-refractivity contribution in [2.75, 3.05) is 0 Å². The molecule has 1 aliphatic heterocycles. The fraction of sp³-hybridized carbons (Fsp3) is 0.0370. The Balaban J connectivity index is 1.48. The smallest absolute Gasteiger partial charge is 0.269 e. The Labute approximate surface area is 196 Å². The first kappa shape index (κ1) is 22.4. The summed E-state index contributed by atoms with van der Waals surface area (Å²) in [7, 11) is 0. The number of rotatable bonds is 5. The van der Waals surface area contributed by atoms with Gasteiger partial charge in [0, 0.05) is 47.8 Å². The van der Waals surface area contributed by atoms with Crippen LogP contribution in [0.1, 0.15) is 21.5 Å². The maximum Gasteiger partial charge on any atom is 0.269 e. The van der Waals surface area contributed by atoms with E-state index in [4.69, 9.17) is 0 Å². The minimum absolute atomic E-state index is 0.0569. The second kappa shape index (κ2) is 9.79. The number of hydrogen-bond donors (Lipinski definition) is 1. The molecule has 1 aromatic heterocycles. The average Bonchev–Trinajstić information content (AvgIpc) is 2.85. The molecule has 0 spiro atoms. The van der Waals surface area contributed by atoms with Gasteiger partial charge in [0.25, 0.3) is 5.69 Å². The highest BCUT2D eigenvalue weighted by molar-refractivity contribution is 6.00. The first-order valence-corrected chi connectivity index (χ1v) is 10.5. The van der Waals surface area contributed by atoms with E-state index >= 15 is 0 Å². The van der Waals surface area contributed by atoms with Gasteiger partial charge in [-0.3, -0.25) is 14.9 Å². The van der Waals surface area contributed by atoms with Crippen molar-refractivity contribution in [3.8, 4) is 0 Å². The molecule has 4 rings (SSSR count). The van der Waals surface area contributed by atoms with Gasteiger partial charge in [0.2, 0.25) is 12.0 Å². The van der Waals surface area contributed by atoms with Gasteiger partial charge in [-0.2, -0.15) is 4.24 Å². The molecule has 0 atom stereocenters. The molecule has 0 aliphatic carbocycles. The average molecular weight is 452 g/mol. The van der Waals surface area contributed by atoms with E-state index < -0.39 is 4.92 Å². The molecule has 0 saturated heterocycles. The van der Waals surface area contributed by atoms with Gasteiger partial charge in [-0.15, -0.1) is 0 Å². The van der Waals surface area contributed by atoms with Crippen molar-refractivity contribution in [3.05, 3.63) is 142 Å². The van der Waals surface area contributed by atoms with Crippen LogP contribution in [0, 0.1) is 23.3 Å². The summed E-state index contributed by atoms with van der Waals surface area (Å²) in [6.07, 6.45) is 14.2. The Morgan fingerprint density at radius 1 is 0.941 bits per heavy atom. The number of allylic oxidation sites excluding steroid dienone is 2. The molecule has 34 heavy (non-hydrogen) atoms. The fourth-order valence-electron chi connectivity index (χ4n) is 3.33. The largest absolute Gasteiger partial charge is 0.506 e. The molecule has 7 heteroatoms. The fourth-order valence-corrected chi connectivity index (χ4v) is 3.33. The van der Waals surface area contributed by atoms with Gasteiger partial charge in [-0.25, -0.2) is 0 Å². The van der Waals surface area contributed by atoms with Crippen LogP contribution in [0.3, 0.4) is 0 Å². The summed E-state index contributed by atoms with van der Waals surface area (Å²) in [5.74, 6) is -0.0831. The van der Waals surface area contributed by atoms with Crippen LogP contribution >= 0.6 is 0 Å². The zero-order valence-corrected chi connectivity index (χ0v) is 18.4. The number of ketones is 1. The van der Waals surface area contributed by atoms with Crippen LogP contribution < -0.4 is 9.46 Å². The Hall–Kier alpha value is -4.78. The van der Waals surface area contributed by atoms with Crippen LogP contribution in [-0.4, -0.2) is 20.7 Å². The molecule has 0 radical (unpaired) electrons. The summed E-state index contributed by atoms with van der Waals surface area (Å²) in [4.78, 5) is 24.4. The molecule has 3 aromatic rings. The molecular weight excluding hydrogens is 430 g/mol. The molecule has 0 fully saturated rings. The topological polar surface area (TPSA) is 89.6 Å². The van der Waals surface area contributed by atoms with Crippen LogP contribution in [-0.2, 0) is 0 Å². The number of aliphatic hydroxyl groups excluding tert-OH is 1. The first-order valence-electron chi connectivity index (χ1n) is 10.5. The van der Waals surface area contributed by atoms with Crippen molar-refractivity contribution in [1.82, 2.24) is 4.90 Å². The zero-order chi connectivity index (χ0) is 24.1. The van der Waals surface area contributed by atoms with Crippen molar-refractivity contribution in [1.29, 1.82) is 0 Å². The van der Waals surface area contributed by atoms with Crippen LogP contribution in [0.15, 0.2) is 104 Å². The quantitative estimate of drug-likeness (QED) is 0.207. The minimum atomic E-state index is -0.500. The van der Waals surface area contributed by atoms with Gasteiger partial charge < -0.3 is 10.0 Å². The highest BCUT2D eigenvalue weighted by atomic mass is 16.6. The lowest BCUT2D eigenvalue weighted by molar-refractivity contribution is -0.505. The molecule has 0 unspecified atom stereocenters. The summed E-state index contributed by atoms with van der Waals surface area (Å²) in [5, 5.41) is 22.1. The third-order valence-corrected chi connectivity index (χ3v) is 5.29. The number of aromatic nitrogens is 1. The number of Topliss-reactive ketones (excluding diaryl/α,β-unsaturated/α-hetero) is 1. The number of nitro groups is 1. The van der Waals surface area contributed by atoms with Gasteiger partial charge >= 0.3 is 0 Å². The Bertz CT molecular complexity index is 1410. The Kier molecular flexibility index (Phi) is 6.45. The molecule has 7 nitrogen and oxygen atoms in total. The van der Waals surface area contributed by atoms with E-state index in [1.54, 1.807) is 27.7 Å². The van der Waals surface area contributed by atoms with Gasteiger partial charge in [-0.1, -0.05) is 29.8 Å².